The summed E-state index contributed by atoms with van der Waals surface area (Å²) >= 11 is 2.70. The number of nitrogens with two attached hydrogens (primary N) is 1. The molecule has 8 heteroatoms. The van der Waals surface area contributed by atoms with Gasteiger partial charge in [0, 0.05) is 26.2 Å². The molecule has 6 nitrogen and oxygen atoms in total. The van der Waals surface area contributed by atoms with Crippen molar-refractivity contribution in [2.24, 2.45) is 0 Å². The Morgan fingerprint density at radius 3 is 2.88 bits per heavy atom. The van der Waals surface area contributed by atoms with Crippen LogP contribution in [0.1, 0.15) is 11.1 Å². The summed E-state index contributed by atoms with van der Waals surface area (Å²) in [7, 11) is 3.99. The van der Waals surface area contributed by atoms with Gasteiger partial charge in [-0.05, 0) is 24.6 Å². The van der Waals surface area contributed by atoms with Crippen molar-refractivity contribution in [2.45, 2.75) is 23.3 Å². The van der Waals surface area contributed by atoms with Crippen LogP contribution in [0.25, 0.3) is 0 Å². The molecule has 1 aromatic heterocycles. The maximum atomic E-state index is 12.4. The van der Waals surface area contributed by atoms with Crippen LogP contribution in [0.4, 0.5) is 5.13 Å². The number of carbonyl (C=O) groups is 1. The average molecular weight is 364 g/mol. The number of likely N-dealkylation sites (N-methyl/N-ethyl adjacent to an activating group) is 2. The van der Waals surface area contributed by atoms with Crippen LogP contribution in [0.2, 0.25) is 0 Å². The average Bonchev–Trinajstić information content (AvgIpc) is 2.98. The molecule has 0 radical (unpaired) electrons. The van der Waals surface area contributed by atoms with Crippen molar-refractivity contribution in [1.82, 2.24) is 20.0 Å². The summed E-state index contributed by atoms with van der Waals surface area (Å²) in [6, 6.07) is 8.88. The molecule has 1 amide bonds. The third-order valence-electron chi connectivity index (χ3n) is 4.27. The molecule has 0 aliphatic carbocycles. The van der Waals surface area contributed by atoms with E-state index in [2.05, 4.69) is 46.4 Å². The summed E-state index contributed by atoms with van der Waals surface area (Å²) in [5.41, 5.74) is 8.33. The fourth-order valence-electron chi connectivity index (χ4n) is 2.85. The van der Waals surface area contributed by atoms with Gasteiger partial charge in [-0.2, -0.15) is 0 Å². The lowest BCUT2D eigenvalue weighted by Gasteiger charge is -2.36. The van der Waals surface area contributed by atoms with Gasteiger partial charge in [0.15, 0.2) is 4.34 Å². The Morgan fingerprint density at radius 2 is 2.17 bits per heavy atom. The van der Waals surface area contributed by atoms with Crippen LogP contribution in [0.5, 0.6) is 0 Å². The van der Waals surface area contributed by atoms with Crippen molar-refractivity contribution < 1.29 is 4.79 Å². The first-order chi connectivity index (χ1) is 11.5. The van der Waals surface area contributed by atoms with E-state index >= 15 is 0 Å². The smallest absolute Gasteiger partial charge is 0.232 e. The van der Waals surface area contributed by atoms with Crippen LogP contribution in [-0.4, -0.2) is 58.3 Å². The first-order valence-corrected chi connectivity index (χ1v) is 9.56. The topological polar surface area (TPSA) is 75.3 Å². The lowest BCUT2D eigenvalue weighted by molar-refractivity contribution is -0.127. The molecule has 24 heavy (non-hydrogen) atoms. The third-order valence-corrected chi connectivity index (χ3v) is 6.14. The van der Waals surface area contributed by atoms with E-state index in [1.807, 2.05) is 11.9 Å². The highest BCUT2D eigenvalue weighted by atomic mass is 32.2. The number of amides is 1. The van der Waals surface area contributed by atoms with Crippen LogP contribution in [0.15, 0.2) is 28.6 Å². The molecular formula is C16H21N5OS2. The van der Waals surface area contributed by atoms with Gasteiger partial charge in [0.1, 0.15) is 0 Å². The Hall–Kier alpha value is -1.64. The molecular weight excluding hydrogens is 342 g/mol. The monoisotopic (exact) mass is 363 g/mol. The normalized spacial score (nSPS) is 17.5. The van der Waals surface area contributed by atoms with E-state index in [1.54, 1.807) is 0 Å². The fraction of sp³-hybridized carbons (Fsp3) is 0.438. The number of benzene rings is 1. The third kappa shape index (κ3) is 4.06. The van der Waals surface area contributed by atoms with E-state index < -0.39 is 0 Å². The molecule has 2 N–H and O–H groups in total. The molecule has 2 heterocycles. The molecule has 0 saturated heterocycles. The van der Waals surface area contributed by atoms with Crippen molar-refractivity contribution >= 4 is 34.1 Å². The van der Waals surface area contributed by atoms with Gasteiger partial charge in [-0.25, -0.2) is 0 Å². The highest BCUT2D eigenvalue weighted by molar-refractivity contribution is 8.01. The van der Waals surface area contributed by atoms with E-state index in [4.69, 9.17) is 5.73 Å². The van der Waals surface area contributed by atoms with E-state index in [-0.39, 0.29) is 5.91 Å². The zero-order valence-corrected chi connectivity index (χ0v) is 15.4. The summed E-state index contributed by atoms with van der Waals surface area (Å²) in [6.07, 6.45) is 0.977. The lowest BCUT2D eigenvalue weighted by atomic mass is 9.94. The SMILES string of the molecule is CN(CC1Cc2ccccc2CN1C)C(=O)CSc1nnc(N)s1. The van der Waals surface area contributed by atoms with E-state index in [9.17, 15) is 4.79 Å². The van der Waals surface area contributed by atoms with Crippen LogP contribution >= 0.6 is 23.1 Å². The van der Waals surface area contributed by atoms with Crippen LogP contribution in [0, 0.1) is 0 Å². The van der Waals surface area contributed by atoms with E-state index in [1.165, 1.54) is 34.2 Å². The van der Waals surface area contributed by atoms with Crippen LogP contribution < -0.4 is 5.73 Å². The number of aromatic nitrogens is 2. The molecule has 2 aromatic rings. The van der Waals surface area contributed by atoms with Gasteiger partial charge in [0.2, 0.25) is 11.0 Å². The minimum Gasteiger partial charge on any atom is -0.374 e. The standard InChI is InChI=1S/C16H21N5OS2/c1-20-8-12-6-4-3-5-11(12)7-13(20)9-21(2)14(22)10-23-16-19-18-15(17)24-16/h3-6,13H,7-10H2,1-2H3,(H2,17,18). The fourth-order valence-corrected chi connectivity index (χ4v) is 4.43. The highest BCUT2D eigenvalue weighted by Gasteiger charge is 2.25. The summed E-state index contributed by atoms with van der Waals surface area (Å²) in [5.74, 6) is 0.457. The quantitative estimate of drug-likeness (QED) is 0.816. The molecule has 0 spiro atoms. The van der Waals surface area contributed by atoms with Gasteiger partial charge in [-0.1, -0.05) is 47.4 Å². The Morgan fingerprint density at radius 1 is 1.42 bits per heavy atom. The molecule has 3 rings (SSSR count). The van der Waals surface area contributed by atoms with E-state index in [0.717, 1.165) is 23.8 Å². The summed E-state index contributed by atoms with van der Waals surface area (Å²) in [6.45, 7) is 1.66. The largest absolute Gasteiger partial charge is 0.374 e. The second-order valence-electron chi connectivity index (χ2n) is 6.01. The Labute approximate surface area is 150 Å². The Kier molecular flexibility index (Phi) is 5.37. The Bertz CT molecular complexity index is 720. The highest BCUT2D eigenvalue weighted by Crippen LogP contribution is 2.25. The molecule has 1 atom stereocenters. The predicted octanol–water partition coefficient (Wildman–Crippen LogP) is 1.73. The zero-order valence-electron chi connectivity index (χ0n) is 13.8. The molecule has 0 fully saturated rings. The number of thioether (sulfide) groups is 1. The minimum atomic E-state index is 0.0982. The first kappa shape index (κ1) is 17.2. The first-order valence-electron chi connectivity index (χ1n) is 7.75. The molecule has 128 valence electrons. The van der Waals surface area contributed by atoms with Gasteiger partial charge in [-0.15, -0.1) is 10.2 Å². The number of carbonyl (C=O) groups excluding carboxylic acids is 1. The second-order valence-corrected chi connectivity index (χ2v) is 8.24. The van der Waals surface area contributed by atoms with Gasteiger partial charge in [0.25, 0.3) is 0 Å². The summed E-state index contributed by atoms with van der Waals surface area (Å²) < 4.78 is 0.734. The van der Waals surface area contributed by atoms with Gasteiger partial charge >= 0.3 is 0 Å². The summed E-state index contributed by atoms with van der Waals surface area (Å²) in [4.78, 5) is 16.5. The number of nitrogens with zero attached hydrogens (tertiary/aromatic N) is 4. The van der Waals surface area contributed by atoms with Crippen molar-refractivity contribution in [3.8, 4) is 0 Å². The maximum Gasteiger partial charge on any atom is 0.232 e. The van der Waals surface area contributed by atoms with Crippen LogP contribution in [0.3, 0.4) is 0 Å². The predicted molar refractivity (Wildman–Crippen MR) is 98.1 cm³/mol. The molecule has 0 saturated carbocycles. The van der Waals surface area contributed by atoms with Gasteiger partial charge in [0.05, 0.1) is 5.75 Å². The number of anilines is 1. The zero-order chi connectivity index (χ0) is 17.1. The minimum absolute atomic E-state index is 0.0982. The van der Waals surface area contributed by atoms with Gasteiger partial charge in [-0.3, -0.25) is 9.69 Å². The maximum absolute atomic E-state index is 12.4. The summed E-state index contributed by atoms with van der Waals surface area (Å²) in [5, 5.41) is 8.12. The lowest BCUT2D eigenvalue weighted by Crippen LogP contribution is -2.46. The molecule has 0 bridgehead atoms. The van der Waals surface area contributed by atoms with Crippen molar-refractivity contribution in [3.05, 3.63) is 35.4 Å². The van der Waals surface area contributed by atoms with Crippen molar-refractivity contribution in [2.75, 3.05) is 32.1 Å². The number of nitrogen functional groups attached to an aromatic ring is 1. The van der Waals surface area contributed by atoms with Crippen LogP contribution in [-0.2, 0) is 17.8 Å². The van der Waals surface area contributed by atoms with E-state index in [0.29, 0.717) is 16.9 Å². The molecule has 1 unspecified atom stereocenters. The molecule has 1 aromatic carbocycles. The molecule has 1 aliphatic rings. The second kappa shape index (κ2) is 7.50. The van der Waals surface area contributed by atoms with Crippen molar-refractivity contribution in [1.29, 1.82) is 0 Å². The number of hydrogen-bond donors (Lipinski definition) is 1. The molecule has 1 aliphatic heterocycles. The van der Waals surface area contributed by atoms with Gasteiger partial charge < -0.3 is 10.6 Å². The number of hydrogen-bond acceptors (Lipinski definition) is 7. The number of rotatable bonds is 5. The van der Waals surface area contributed by atoms with Crippen molar-refractivity contribution in [3.63, 3.8) is 0 Å². The Balaban J connectivity index is 1.54. The number of fused-ring (bicyclic) bond motifs is 1.